The fraction of sp³-hybridized carbons (Fsp3) is 0.824. The summed E-state index contributed by atoms with van der Waals surface area (Å²) in [5.74, 6) is -1.72. The van der Waals surface area contributed by atoms with Crippen LogP contribution in [-0.2, 0) is 28.5 Å². The van der Waals surface area contributed by atoms with Gasteiger partial charge < -0.3 is 23.7 Å². The number of fused-ring (bicyclic) bond motifs is 1. The van der Waals surface area contributed by atoms with E-state index in [1.165, 1.54) is 0 Å². The minimum Gasteiger partial charge on any atom is -0.456 e. The van der Waals surface area contributed by atoms with Gasteiger partial charge in [0, 0.05) is 11.5 Å². The Morgan fingerprint density at radius 2 is 1.74 bits per heavy atom. The number of esters is 1. The summed E-state index contributed by atoms with van der Waals surface area (Å²) in [6, 6.07) is 0. The second-order valence-corrected chi connectivity index (χ2v) is 7.56. The summed E-state index contributed by atoms with van der Waals surface area (Å²) >= 11 is 0. The lowest BCUT2D eigenvalue weighted by atomic mass is 9.98. The molecule has 5 atom stereocenters. The minimum atomic E-state index is -0.666. The van der Waals surface area contributed by atoms with Crippen LogP contribution in [0.3, 0.4) is 0 Å². The molecule has 23 heavy (non-hydrogen) atoms. The van der Waals surface area contributed by atoms with Crippen LogP contribution in [0.25, 0.3) is 0 Å². The summed E-state index contributed by atoms with van der Waals surface area (Å²) in [6.45, 7) is 13.3. The highest BCUT2D eigenvalue weighted by atomic mass is 16.8. The van der Waals surface area contributed by atoms with Crippen LogP contribution < -0.4 is 0 Å². The van der Waals surface area contributed by atoms with Crippen molar-refractivity contribution in [3.05, 3.63) is 12.2 Å². The number of carbonyl (C=O) groups excluding carboxylic acids is 1. The summed E-state index contributed by atoms with van der Waals surface area (Å²) in [6.07, 6.45) is -0.245. The number of ether oxygens (including phenoxy) is 5. The van der Waals surface area contributed by atoms with Gasteiger partial charge in [0.05, 0.1) is 18.8 Å². The Balaban J connectivity index is 1.79. The molecule has 3 rings (SSSR count). The Kier molecular flexibility index (Phi) is 4.08. The first-order chi connectivity index (χ1) is 10.6. The molecule has 0 spiro atoms. The van der Waals surface area contributed by atoms with Gasteiger partial charge in [-0.05, 0) is 41.0 Å². The maximum atomic E-state index is 12.0. The van der Waals surface area contributed by atoms with Gasteiger partial charge in [0.2, 0.25) is 0 Å². The molecule has 0 aromatic heterocycles. The molecular weight excluding hydrogens is 300 g/mol. The van der Waals surface area contributed by atoms with Crippen molar-refractivity contribution in [1.29, 1.82) is 0 Å². The molecule has 2 saturated heterocycles. The lowest BCUT2D eigenvalue weighted by Gasteiger charge is -2.29. The van der Waals surface area contributed by atoms with Gasteiger partial charge >= 0.3 is 5.97 Å². The van der Waals surface area contributed by atoms with Gasteiger partial charge in [-0.1, -0.05) is 6.58 Å². The first kappa shape index (κ1) is 16.9. The van der Waals surface area contributed by atoms with Crippen molar-refractivity contribution in [2.24, 2.45) is 5.92 Å². The van der Waals surface area contributed by atoms with Crippen molar-refractivity contribution in [3.63, 3.8) is 0 Å². The highest BCUT2D eigenvalue weighted by Crippen LogP contribution is 2.46. The molecule has 0 N–H and O–H groups in total. The molecule has 2 aliphatic heterocycles. The molecule has 3 fully saturated rings. The normalized spacial score (nSPS) is 40.8. The molecule has 6 heteroatoms. The fourth-order valence-corrected chi connectivity index (χ4v) is 3.64. The lowest BCUT2D eigenvalue weighted by molar-refractivity contribution is -0.190. The maximum Gasteiger partial charge on any atom is 0.333 e. The van der Waals surface area contributed by atoms with E-state index in [9.17, 15) is 4.79 Å². The van der Waals surface area contributed by atoms with Crippen LogP contribution in [0.5, 0.6) is 0 Å². The van der Waals surface area contributed by atoms with Crippen molar-refractivity contribution in [3.8, 4) is 0 Å². The summed E-state index contributed by atoms with van der Waals surface area (Å²) < 4.78 is 29.3. The van der Waals surface area contributed by atoms with Crippen LogP contribution in [0.15, 0.2) is 12.2 Å². The monoisotopic (exact) mass is 326 g/mol. The molecule has 0 aromatic carbocycles. The van der Waals surface area contributed by atoms with Crippen LogP contribution >= 0.6 is 0 Å². The number of hydrogen-bond donors (Lipinski definition) is 0. The first-order valence-electron chi connectivity index (χ1n) is 8.12. The first-order valence-corrected chi connectivity index (χ1v) is 8.12. The molecule has 6 nitrogen and oxygen atoms in total. The molecule has 0 bridgehead atoms. The van der Waals surface area contributed by atoms with E-state index >= 15 is 0 Å². The minimum absolute atomic E-state index is 0.0221. The number of carbonyl (C=O) groups is 1. The van der Waals surface area contributed by atoms with Gasteiger partial charge in [-0.2, -0.15) is 0 Å². The molecule has 1 aliphatic carbocycles. The average Bonchev–Trinajstić information content (AvgIpc) is 3.01. The van der Waals surface area contributed by atoms with E-state index in [1.54, 1.807) is 6.92 Å². The summed E-state index contributed by atoms with van der Waals surface area (Å²) in [5, 5.41) is 0. The standard InChI is InChI=1S/C17H26O6/c1-9(2)15(18)20-13-10(12-8-19-16(3,4)22-12)7-11-14(13)23-17(5,6)21-11/h10-14H,1,7-8H2,2-6H3. The smallest absolute Gasteiger partial charge is 0.333 e. The molecule has 2 heterocycles. The van der Waals surface area contributed by atoms with E-state index in [-0.39, 0.29) is 24.2 Å². The second-order valence-electron chi connectivity index (χ2n) is 7.56. The fourth-order valence-electron chi connectivity index (χ4n) is 3.64. The van der Waals surface area contributed by atoms with Crippen LogP contribution in [0.4, 0.5) is 0 Å². The zero-order valence-electron chi connectivity index (χ0n) is 14.5. The maximum absolute atomic E-state index is 12.0. The van der Waals surface area contributed by atoms with Crippen LogP contribution in [0.2, 0.25) is 0 Å². The zero-order chi connectivity index (χ0) is 17.0. The SMILES string of the molecule is C=C(C)C(=O)OC1C(C2COC(C)(C)O2)CC2OC(C)(C)OC21. The molecule has 0 amide bonds. The third-order valence-corrected chi connectivity index (χ3v) is 4.57. The van der Waals surface area contributed by atoms with Crippen molar-refractivity contribution < 1.29 is 28.5 Å². The van der Waals surface area contributed by atoms with Crippen LogP contribution in [0.1, 0.15) is 41.0 Å². The predicted molar refractivity (Wildman–Crippen MR) is 81.5 cm³/mol. The zero-order valence-corrected chi connectivity index (χ0v) is 14.5. The Bertz CT molecular complexity index is 511. The largest absolute Gasteiger partial charge is 0.456 e. The topological polar surface area (TPSA) is 63.2 Å². The van der Waals surface area contributed by atoms with E-state index in [2.05, 4.69) is 6.58 Å². The lowest BCUT2D eigenvalue weighted by Crippen LogP contribution is -2.41. The predicted octanol–water partition coefficient (Wildman–Crippen LogP) is 2.17. The van der Waals surface area contributed by atoms with E-state index < -0.39 is 23.6 Å². The Morgan fingerprint density at radius 1 is 1.09 bits per heavy atom. The molecule has 130 valence electrons. The Hall–Kier alpha value is -0.950. The summed E-state index contributed by atoms with van der Waals surface area (Å²) in [7, 11) is 0. The van der Waals surface area contributed by atoms with Gasteiger partial charge in [-0.25, -0.2) is 4.79 Å². The second kappa shape index (κ2) is 5.55. The molecule has 0 aromatic rings. The quantitative estimate of drug-likeness (QED) is 0.585. The van der Waals surface area contributed by atoms with E-state index in [1.807, 2.05) is 27.7 Å². The van der Waals surface area contributed by atoms with Gasteiger partial charge in [-0.15, -0.1) is 0 Å². The van der Waals surface area contributed by atoms with Gasteiger partial charge in [0.15, 0.2) is 11.6 Å². The molecule has 3 aliphatic rings. The van der Waals surface area contributed by atoms with Crippen molar-refractivity contribution in [1.82, 2.24) is 0 Å². The number of hydrogen-bond acceptors (Lipinski definition) is 6. The Labute approximate surface area is 137 Å². The molecular formula is C17H26O6. The Morgan fingerprint density at radius 3 is 2.30 bits per heavy atom. The van der Waals surface area contributed by atoms with E-state index in [0.29, 0.717) is 18.6 Å². The molecule has 0 radical (unpaired) electrons. The summed E-state index contributed by atoms with van der Waals surface area (Å²) in [4.78, 5) is 12.0. The molecule has 1 saturated carbocycles. The van der Waals surface area contributed by atoms with Gasteiger partial charge in [0.1, 0.15) is 12.2 Å². The van der Waals surface area contributed by atoms with Crippen molar-refractivity contribution >= 4 is 5.97 Å². The van der Waals surface area contributed by atoms with Crippen molar-refractivity contribution in [2.75, 3.05) is 6.61 Å². The van der Waals surface area contributed by atoms with Gasteiger partial charge in [0.25, 0.3) is 0 Å². The average molecular weight is 326 g/mol. The van der Waals surface area contributed by atoms with Crippen molar-refractivity contribution in [2.45, 2.75) is 77.0 Å². The molecule has 5 unspecified atom stereocenters. The third kappa shape index (κ3) is 3.31. The van der Waals surface area contributed by atoms with E-state index in [4.69, 9.17) is 23.7 Å². The van der Waals surface area contributed by atoms with E-state index in [0.717, 1.165) is 0 Å². The highest BCUT2D eigenvalue weighted by Gasteiger charge is 2.58. The van der Waals surface area contributed by atoms with Gasteiger partial charge in [-0.3, -0.25) is 0 Å². The van der Waals surface area contributed by atoms with Crippen LogP contribution in [-0.4, -0.2) is 48.6 Å². The van der Waals surface area contributed by atoms with Crippen LogP contribution in [0, 0.1) is 5.92 Å². The summed E-state index contributed by atoms with van der Waals surface area (Å²) in [5.41, 5.74) is 0.370. The third-order valence-electron chi connectivity index (χ3n) is 4.57. The number of rotatable bonds is 3. The highest BCUT2D eigenvalue weighted by molar-refractivity contribution is 5.87.